The summed E-state index contributed by atoms with van der Waals surface area (Å²) in [6.45, 7) is 8.49. The van der Waals surface area contributed by atoms with E-state index in [1.54, 1.807) is 24.5 Å². The van der Waals surface area contributed by atoms with Crippen LogP contribution in [-0.2, 0) is 0 Å². The zero-order chi connectivity index (χ0) is 30.2. The molecule has 3 aromatic rings. The van der Waals surface area contributed by atoms with Gasteiger partial charge in [0.25, 0.3) is 0 Å². The van der Waals surface area contributed by atoms with Crippen LogP contribution < -0.4 is 9.64 Å². The highest BCUT2D eigenvalue weighted by molar-refractivity contribution is 5.92. The number of nitrogens with zero attached hydrogens (tertiary/aromatic N) is 3. The molecule has 43 heavy (non-hydrogen) atoms. The molecular weight excluding hydrogens is 557 g/mol. The number of carbonyl (C=O) groups is 1. The highest BCUT2D eigenvalue weighted by Crippen LogP contribution is 2.82. The van der Waals surface area contributed by atoms with Crippen molar-refractivity contribution in [3.63, 3.8) is 0 Å². The summed E-state index contributed by atoms with van der Waals surface area (Å²) in [6.07, 6.45) is 3.03. The Morgan fingerprint density at radius 2 is 1.84 bits per heavy atom. The molecule has 2 bridgehead atoms. The summed E-state index contributed by atoms with van der Waals surface area (Å²) in [6, 6.07) is 8.89. The van der Waals surface area contributed by atoms with Gasteiger partial charge < -0.3 is 19.7 Å². The number of fused-ring (bicyclic) bond motifs is 1. The fourth-order valence-corrected chi connectivity index (χ4v) is 7.98. The maximum absolute atomic E-state index is 13.6. The van der Waals surface area contributed by atoms with Gasteiger partial charge in [-0.1, -0.05) is 25.0 Å². The molecule has 0 radical (unpaired) electrons. The smallest absolute Gasteiger partial charge is 0.394 e. The van der Waals surface area contributed by atoms with Crippen molar-refractivity contribution in [1.29, 1.82) is 0 Å². The van der Waals surface area contributed by atoms with Crippen molar-refractivity contribution >= 4 is 22.7 Å². The van der Waals surface area contributed by atoms with Gasteiger partial charge in [-0.3, -0.25) is 4.90 Å². The average molecular weight is 595 g/mol. The monoisotopic (exact) mass is 594 g/mol. The molecule has 2 aromatic heterocycles. The predicted octanol–water partition coefficient (Wildman–Crippen LogP) is 7.41. The molecule has 4 fully saturated rings. The van der Waals surface area contributed by atoms with E-state index in [-0.39, 0.29) is 41.4 Å². The number of hydrogen-bond acceptors (Lipinski definition) is 5. The summed E-state index contributed by atoms with van der Waals surface area (Å²) < 4.78 is 46.9. The van der Waals surface area contributed by atoms with E-state index in [1.165, 1.54) is 11.1 Å². The second-order valence-electron chi connectivity index (χ2n) is 13.9. The van der Waals surface area contributed by atoms with E-state index >= 15 is 0 Å². The minimum Gasteiger partial charge on any atom is -0.478 e. The zero-order valence-corrected chi connectivity index (χ0v) is 24.6. The number of H-pyrrole nitrogens is 1. The molecule has 2 N–H and O–H groups in total. The Hall–Kier alpha value is -3.53. The van der Waals surface area contributed by atoms with Crippen LogP contribution in [0.5, 0.6) is 11.5 Å². The summed E-state index contributed by atoms with van der Waals surface area (Å²) in [7, 11) is 0. The lowest BCUT2D eigenvalue weighted by atomic mass is 9.31. The van der Waals surface area contributed by atoms with Crippen LogP contribution in [0.3, 0.4) is 0 Å². The summed E-state index contributed by atoms with van der Waals surface area (Å²) in [4.78, 5) is 24.0. The number of aromatic carboxylic acids is 1. The summed E-state index contributed by atoms with van der Waals surface area (Å²) in [5, 5.41) is 10.7. The Labute approximate surface area is 248 Å². The zero-order valence-electron chi connectivity index (χ0n) is 24.6. The minimum absolute atomic E-state index is 0.0807. The van der Waals surface area contributed by atoms with Crippen molar-refractivity contribution in [2.45, 2.75) is 58.5 Å². The molecule has 228 valence electrons. The van der Waals surface area contributed by atoms with Gasteiger partial charge in [-0.2, -0.15) is 13.2 Å². The molecular formula is C33H37F3N4O3. The number of benzene rings is 1. The van der Waals surface area contributed by atoms with Crippen molar-refractivity contribution in [2.75, 3.05) is 37.6 Å². The number of ether oxygens (including phenoxy) is 1. The molecule has 0 unspecified atom stereocenters. The average Bonchev–Trinajstić information content (AvgIpc) is 3.36. The number of piperazine rings is 1. The Morgan fingerprint density at radius 3 is 2.53 bits per heavy atom. The fraction of sp³-hybridized carbons (Fsp3) is 0.515. The van der Waals surface area contributed by atoms with Crippen molar-refractivity contribution in [1.82, 2.24) is 14.9 Å². The lowest BCUT2D eigenvalue weighted by Gasteiger charge is -2.72. The normalized spacial score (nSPS) is 27.1. The molecule has 8 rings (SSSR count). The van der Waals surface area contributed by atoms with Crippen molar-refractivity contribution in [3.05, 3.63) is 59.4 Å². The number of halogens is 3. The molecule has 5 aliphatic rings. The minimum atomic E-state index is -4.09. The van der Waals surface area contributed by atoms with Gasteiger partial charge in [0.05, 0.1) is 11.6 Å². The summed E-state index contributed by atoms with van der Waals surface area (Å²) in [5.41, 5.74) is 2.87. The van der Waals surface area contributed by atoms with E-state index in [9.17, 15) is 23.1 Å². The Bertz CT molecular complexity index is 1600. The molecule has 0 atom stereocenters. The van der Waals surface area contributed by atoms with E-state index in [4.69, 9.17) is 4.74 Å². The number of anilines is 1. The standard InChI is InChI=1S/C33H37F3N4O3/c1-30(2)7-5-22(26(15-30)31-18-32(19-31,20-31)33(34,35)36)17-39-9-11-40(12-10-39)23-3-4-25(29(41)42)27(14-23)43-24-13-21-6-8-37-28(21)38-16-24/h3-4,6,8,13-14,16H,5,7,9-12,15,17-20H2,1-2H3,(H,37,38)(H,41,42). The number of hydrogen-bond donors (Lipinski definition) is 2. The number of alkyl halides is 3. The van der Waals surface area contributed by atoms with Gasteiger partial charge in [-0.05, 0) is 73.6 Å². The highest BCUT2D eigenvalue weighted by atomic mass is 19.4. The van der Waals surface area contributed by atoms with Gasteiger partial charge in [-0.25, -0.2) is 9.78 Å². The lowest BCUT2D eigenvalue weighted by Crippen LogP contribution is -2.69. The molecule has 0 spiro atoms. The summed E-state index contributed by atoms with van der Waals surface area (Å²) >= 11 is 0. The van der Waals surface area contributed by atoms with Crippen LogP contribution in [0.1, 0.15) is 62.7 Å². The molecule has 1 saturated heterocycles. The number of carboxylic acids is 1. The third kappa shape index (κ3) is 4.87. The van der Waals surface area contributed by atoms with Crippen LogP contribution >= 0.6 is 0 Å². The molecule has 7 nitrogen and oxygen atoms in total. The fourth-order valence-electron chi connectivity index (χ4n) is 7.98. The van der Waals surface area contributed by atoms with Crippen molar-refractivity contribution < 1.29 is 27.8 Å². The van der Waals surface area contributed by atoms with E-state index in [0.29, 0.717) is 5.75 Å². The van der Waals surface area contributed by atoms with E-state index < -0.39 is 17.6 Å². The molecule has 1 aliphatic heterocycles. The number of pyridine rings is 1. The first-order valence-electron chi connectivity index (χ1n) is 15.1. The molecule has 3 heterocycles. The van der Waals surface area contributed by atoms with Gasteiger partial charge >= 0.3 is 12.1 Å². The molecule has 4 aliphatic carbocycles. The van der Waals surface area contributed by atoms with Gasteiger partial charge in [-0.15, -0.1) is 0 Å². The molecule has 3 saturated carbocycles. The topological polar surface area (TPSA) is 81.7 Å². The quantitative estimate of drug-likeness (QED) is 0.277. The summed E-state index contributed by atoms with van der Waals surface area (Å²) in [5.74, 6) is -0.341. The van der Waals surface area contributed by atoms with Crippen LogP contribution in [0.4, 0.5) is 18.9 Å². The highest BCUT2D eigenvalue weighted by Gasteiger charge is 2.79. The number of nitrogens with one attached hydrogen (secondary N) is 1. The maximum atomic E-state index is 13.6. The van der Waals surface area contributed by atoms with Gasteiger partial charge in [0, 0.05) is 56.1 Å². The van der Waals surface area contributed by atoms with E-state index in [2.05, 4.69) is 33.6 Å². The van der Waals surface area contributed by atoms with Crippen molar-refractivity contribution in [2.24, 2.45) is 16.2 Å². The lowest BCUT2D eigenvalue weighted by molar-refractivity contribution is -0.353. The second kappa shape index (κ2) is 9.74. The first-order valence-corrected chi connectivity index (χ1v) is 15.1. The maximum Gasteiger partial charge on any atom is 0.394 e. The van der Waals surface area contributed by atoms with Crippen molar-refractivity contribution in [3.8, 4) is 11.5 Å². The Balaban J connectivity index is 1.04. The number of aromatic nitrogens is 2. The third-order valence-electron chi connectivity index (χ3n) is 10.4. The number of aromatic amines is 1. The molecule has 1 aromatic carbocycles. The Morgan fingerprint density at radius 1 is 1.09 bits per heavy atom. The van der Waals surface area contributed by atoms with Crippen LogP contribution in [0, 0.1) is 16.2 Å². The van der Waals surface area contributed by atoms with E-state index in [0.717, 1.165) is 68.7 Å². The Kier molecular flexibility index (Phi) is 6.40. The van der Waals surface area contributed by atoms with E-state index in [1.807, 2.05) is 18.2 Å². The second-order valence-corrected chi connectivity index (χ2v) is 13.9. The molecule has 0 amide bonds. The SMILES string of the molecule is CC1(C)CCC(CN2CCN(c3ccc(C(=O)O)c(Oc4cnc5[nH]ccc5c4)c3)CC2)=C(C23CC(C(F)(F)F)(C2)C3)C1. The van der Waals surface area contributed by atoms with Crippen LogP contribution in [0.2, 0.25) is 0 Å². The van der Waals surface area contributed by atoms with Crippen LogP contribution in [-0.4, -0.2) is 64.8 Å². The number of rotatable bonds is 7. The van der Waals surface area contributed by atoms with Crippen LogP contribution in [0.25, 0.3) is 11.0 Å². The predicted molar refractivity (Wildman–Crippen MR) is 158 cm³/mol. The van der Waals surface area contributed by atoms with Gasteiger partial charge in [0.2, 0.25) is 0 Å². The van der Waals surface area contributed by atoms with Gasteiger partial charge in [0.1, 0.15) is 22.7 Å². The largest absolute Gasteiger partial charge is 0.478 e. The third-order valence-corrected chi connectivity index (χ3v) is 10.4. The molecule has 10 heteroatoms. The number of carboxylic acid groups (broad SMARTS) is 1. The van der Waals surface area contributed by atoms with Crippen LogP contribution in [0.15, 0.2) is 53.9 Å². The first kappa shape index (κ1) is 28.3. The van der Waals surface area contributed by atoms with Gasteiger partial charge in [0.15, 0.2) is 0 Å². The number of allylic oxidation sites excluding steroid dienone is 1. The first-order chi connectivity index (χ1) is 20.4.